The lowest BCUT2D eigenvalue weighted by atomic mass is 9.97. The zero-order chi connectivity index (χ0) is 14.8. The molecule has 1 fully saturated rings. The van der Waals surface area contributed by atoms with Gasteiger partial charge in [-0.15, -0.1) is 11.3 Å². The quantitative estimate of drug-likeness (QED) is 0.875. The van der Waals surface area contributed by atoms with E-state index in [1.54, 1.807) is 0 Å². The summed E-state index contributed by atoms with van der Waals surface area (Å²) >= 11 is 1.54. The fourth-order valence-corrected chi connectivity index (χ4v) is 3.72. The summed E-state index contributed by atoms with van der Waals surface area (Å²) in [6.45, 7) is 4.25. The van der Waals surface area contributed by atoms with Crippen molar-refractivity contribution in [3.05, 3.63) is 17.8 Å². The maximum Gasteiger partial charge on any atom is 0.261 e. The molecule has 5 nitrogen and oxygen atoms in total. The highest BCUT2D eigenvalue weighted by atomic mass is 32.1. The minimum Gasteiger partial charge on any atom is -0.467 e. The van der Waals surface area contributed by atoms with E-state index in [-0.39, 0.29) is 24.6 Å². The van der Waals surface area contributed by atoms with E-state index in [2.05, 4.69) is 23.8 Å². The predicted molar refractivity (Wildman–Crippen MR) is 82.5 cm³/mol. The molecular weight excluding hydrogens is 286 g/mol. The number of thiophene rings is 1. The molecule has 1 saturated heterocycles. The molecular formula is C15H19N3O2S. The second kappa shape index (κ2) is 5.97. The van der Waals surface area contributed by atoms with Gasteiger partial charge in [-0.05, 0) is 44.6 Å². The van der Waals surface area contributed by atoms with Crippen molar-refractivity contribution in [2.45, 2.75) is 45.2 Å². The van der Waals surface area contributed by atoms with E-state index < -0.39 is 0 Å². The summed E-state index contributed by atoms with van der Waals surface area (Å²) in [7, 11) is 0. The van der Waals surface area contributed by atoms with Crippen LogP contribution >= 0.6 is 11.3 Å². The van der Waals surface area contributed by atoms with Gasteiger partial charge in [-0.3, -0.25) is 4.79 Å². The van der Waals surface area contributed by atoms with E-state index in [1.807, 2.05) is 16.3 Å². The van der Waals surface area contributed by atoms with Gasteiger partial charge in [-0.2, -0.15) is 0 Å². The maximum absolute atomic E-state index is 12.4. The number of amides is 1. The van der Waals surface area contributed by atoms with Gasteiger partial charge in [-0.1, -0.05) is 0 Å². The highest BCUT2D eigenvalue weighted by Crippen LogP contribution is 2.26. The van der Waals surface area contributed by atoms with Gasteiger partial charge in [0.05, 0.1) is 5.39 Å². The molecule has 0 bridgehead atoms. The summed E-state index contributed by atoms with van der Waals surface area (Å²) < 4.78 is 5.65. The normalized spacial score (nSPS) is 22.5. The van der Waals surface area contributed by atoms with Crippen LogP contribution in [0.25, 0.3) is 10.2 Å². The maximum atomic E-state index is 12.4. The predicted octanol–water partition coefficient (Wildman–Crippen LogP) is 2.86. The van der Waals surface area contributed by atoms with Gasteiger partial charge in [0, 0.05) is 12.1 Å². The number of fused-ring (bicyclic) bond motifs is 1. The molecule has 112 valence electrons. The number of rotatable bonds is 3. The number of piperidine rings is 1. The monoisotopic (exact) mass is 305 g/mol. The van der Waals surface area contributed by atoms with E-state index in [4.69, 9.17) is 4.74 Å². The Balaban J connectivity index is 1.69. The van der Waals surface area contributed by atoms with Crippen molar-refractivity contribution in [2.24, 2.45) is 0 Å². The lowest BCUT2D eigenvalue weighted by Gasteiger charge is -2.38. The fraction of sp³-hybridized carbons (Fsp3) is 0.533. The Morgan fingerprint density at radius 3 is 2.90 bits per heavy atom. The average molecular weight is 305 g/mol. The summed E-state index contributed by atoms with van der Waals surface area (Å²) in [5, 5.41) is 2.82. The first-order chi connectivity index (χ1) is 10.2. The van der Waals surface area contributed by atoms with Crippen LogP contribution < -0.4 is 4.74 Å². The Morgan fingerprint density at radius 2 is 2.14 bits per heavy atom. The van der Waals surface area contributed by atoms with Crippen LogP contribution in [0.15, 0.2) is 17.8 Å². The van der Waals surface area contributed by atoms with E-state index in [0.717, 1.165) is 23.1 Å². The molecule has 3 heterocycles. The molecule has 0 aliphatic carbocycles. The molecule has 6 heteroatoms. The van der Waals surface area contributed by atoms with Gasteiger partial charge in [0.25, 0.3) is 5.91 Å². The van der Waals surface area contributed by atoms with Crippen LogP contribution in [0.1, 0.15) is 33.1 Å². The van der Waals surface area contributed by atoms with E-state index in [9.17, 15) is 4.79 Å². The Morgan fingerprint density at radius 1 is 1.38 bits per heavy atom. The average Bonchev–Trinajstić information content (AvgIpc) is 2.93. The van der Waals surface area contributed by atoms with E-state index in [0.29, 0.717) is 5.88 Å². The van der Waals surface area contributed by atoms with Gasteiger partial charge < -0.3 is 9.64 Å². The number of carbonyl (C=O) groups is 1. The molecule has 0 N–H and O–H groups in total. The number of aromatic nitrogens is 2. The lowest BCUT2D eigenvalue weighted by molar-refractivity contribution is -0.139. The van der Waals surface area contributed by atoms with Crippen molar-refractivity contribution >= 4 is 27.5 Å². The van der Waals surface area contributed by atoms with Gasteiger partial charge in [0.2, 0.25) is 5.88 Å². The smallest absolute Gasteiger partial charge is 0.261 e. The van der Waals surface area contributed by atoms with Crippen LogP contribution in [0.5, 0.6) is 5.88 Å². The lowest BCUT2D eigenvalue weighted by Crippen LogP contribution is -2.49. The van der Waals surface area contributed by atoms with Gasteiger partial charge >= 0.3 is 0 Å². The summed E-state index contributed by atoms with van der Waals surface area (Å²) in [4.78, 5) is 23.6. The number of carbonyl (C=O) groups excluding carboxylic acids is 1. The number of hydrogen-bond donors (Lipinski definition) is 0. The summed E-state index contributed by atoms with van der Waals surface area (Å²) in [6.07, 6.45) is 4.80. The van der Waals surface area contributed by atoms with Gasteiger partial charge in [0.15, 0.2) is 6.61 Å². The highest BCUT2D eigenvalue weighted by molar-refractivity contribution is 7.16. The van der Waals surface area contributed by atoms with Crippen molar-refractivity contribution in [3.63, 3.8) is 0 Å². The molecule has 0 radical (unpaired) electrons. The zero-order valence-corrected chi connectivity index (χ0v) is 13.1. The third kappa shape index (κ3) is 2.85. The van der Waals surface area contributed by atoms with Crippen LogP contribution in [-0.2, 0) is 4.79 Å². The molecule has 0 saturated carbocycles. The van der Waals surface area contributed by atoms with Crippen molar-refractivity contribution in [2.75, 3.05) is 6.61 Å². The largest absolute Gasteiger partial charge is 0.467 e. The van der Waals surface area contributed by atoms with Crippen molar-refractivity contribution in [1.82, 2.24) is 14.9 Å². The standard InChI is InChI=1S/C15H19N3O2S/c1-10-4-3-5-11(2)18(10)13(19)8-20-14-12-6-7-21-15(12)17-9-16-14/h6-7,9-11H,3-5,8H2,1-2H3. The molecule has 3 rings (SSSR count). The molecule has 2 aromatic heterocycles. The first-order valence-electron chi connectivity index (χ1n) is 7.29. The number of likely N-dealkylation sites (tertiary alicyclic amines) is 1. The number of nitrogens with zero attached hydrogens (tertiary/aromatic N) is 3. The Labute approximate surface area is 128 Å². The fourth-order valence-electron chi connectivity index (χ4n) is 3.00. The number of ether oxygens (including phenoxy) is 1. The van der Waals surface area contributed by atoms with Crippen LogP contribution in [0.4, 0.5) is 0 Å². The summed E-state index contributed by atoms with van der Waals surface area (Å²) in [5.41, 5.74) is 0. The molecule has 1 aliphatic heterocycles. The second-order valence-electron chi connectivity index (χ2n) is 5.54. The molecule has 2 aromatic rings. The molecule has 1 aliphatic rings. The first kappa shape index (κ1) is 14.3. The molecule has 21 heavy (non-hydrogen) atoms. The molecule has 2 unspecified atom stereocenters. The zero-order valence-electron chi connectivity index (χ0n) is 12.3. The first-order valence-corrected chi connectivity index (χ1v) is 8.17. The minimum atomic E-state index is 0.0383. The highest BCUT2D eigenvalue weighted by Gasteiger charge is 2.29. The molecule has 0 spiro atoms. The van der Waals surface area contributed by atoms with Crippen molar-refractivity contribution in [1.29, 1.82) is 0 Å². The Kier molecular flexibility index (Phi) is 4.05. The SMILES string of the molecule is CC1CCCC(C)N1C(=O)COc1ncnc2sccc12. The van der Waals surface area contributed by atoms with Gasteiger partial charge in [0.1, 0.15) is 11.2 Å². The van der Waals surface area contributed by atoms with E-state index in [1.165, 1.54) is 24.1 Å². The van der Waals surface area contributed by atoms with Crippen LogP contribution in [0.3, 0.4) is 0 Å². The van der Waals surface area contributed by atoms with E-state index >= 15 is 0 Å². The topological polar surface area (TPSA) is 55.3 Å². The Hall–Kier alpha value is -1.69. The number of hydrogen-bond acceptors (Lipinski definition) is 5. The summed E-state index contributed by atoms with van der Waals surface area (Å²) in [5.74, 6) is 0.531. The molecule has 0 aromatic carbocycles. The van der Waals surface area contributed by atoms with Crippen molar-refractivity contribution in [3.8, 4) is 5.88 Å². The minimum absolute atomic E-state index is 0.0383. The molecule has 1 amide bonds. The molecule has 2 atom stereocenters. The second-order valence-corrected chi connectivity index (χ2v) is 6.43. The Bertz CT molecular complexity index is 633. The third-order valence-corrected chi connectivity index (χ3v) is 4.86. The summed E-state index contributed by atoms with van der Waals surface area (Å²) in [6, 6.07) is 2.50. The van der Waals surface area contributed by atoms with Crippen molar-refractivity contribution < 1.29 is 9.53 Å². The van der Waals surface area contributed by atoms with Crippen LogP contribution in [0.2, 0.25) is 0 Å². The third-order valence-electron chi connectivity index (χ3n) is 4.04. The van der Waals surface area contributed by atoms with Crippen LogP contribution in [-0.4, -0.2) is 39.5 Å². The van der Waals surface area contributed by atoms with Crippen LogP contribution in [0, 0.1) is 0 Å². The van der Waals surface area contributed by atoms with Gasteiger partial charge in [-0.25, -0.2) is 9.97 Å².